The molecule has 2 fully saturated rings. The third-order valence-corrected chi connectivity index (χ3v) is 7.31. The highest BCUT2D eigenvalue weighted by Crippen LogP contribution is 2.45. The van der Waals surface area contributed by atoms with E-state index in [4.69, 9.17) is 9.47 Å². The monoisotopic (exact) mass is 512 g/mol. The fourth-order valence-corrected chi connectivity index (χ4v) is 4.93. The van der Waals surface area contributed by atoms with Crippen LogP contribution in [0.3, 0.4) is 0 Å². The number of likely N-dealkylation sites (tertiary alicyclic amines) is 1. The number of nitrogens with zero attached hydrogens (tertiary/aromatic N) is 4. The molecule has 2 aliphatic rings. The number of ether oxygens (including phenoxy) is 2. The second-order valence-electron chi connectivity index (χ2n) is 9.37. The van der Waals surface area contributed by atoms with Gasteiger partial charge in [-0.2, -0.15) is 0 Å². The summed E-state index contributed by atoms with van der Waals surface area (Å²) in [5.41, 5.74) is 3.17. The summed E-state index contributed by atoms with van der Waals surface area (Å²) >= 11 is 3.48. The predicted molar refractivity (Wildman–Crippen MR) is 130 cm³/mol. The van der Waals surface area contributed by atoms with E-state index in [2.05, 4.69) is 49.5 Å². The van der Waals surface area contributed by atoms with Crippen molar-refractivity contribution in [2.45, 2.75) is 44.6 Å². The molecule has 33 heavy (non-hydrogen) atoms. The van der Waals surface area contributed by atoms with Crippen LogP contribution in [0.2, 0.25) is 0 Å². The maximum Gasteiger partial charge on any atom is 0.241 e. The first-order valence-corrected chi connectivity index (χ1v) is 12.3. The van der Waals surface area contributed by atoms with Gasteiger partial charge in [0.05, 0.1) is 25.6 Å². The van der Waals surface area contributed by atoms with Crippen molar-refractivity contribution in [1.29, 1.82) is 0 Å². The maximum atomic E-state index is 12.5. The van der Waals surface area contributed by atoms with Crippen LogP contribution in [0, 0.1) is 5.92 Å². The topological polar surface area (TPSA) is 69.5 Å². The lowest BCUT2D eigenvalue weighted by Crippen LogP contribution is -2.27. The molecule has 1 saturated carbocycles. The number of carbonyl (C=O) groups is 1. The minimum Gasteiger partial charge on any atom is -0.497 e. The van der Waals surface area contributed by atoms with E-state index in [0.29, 0.717) is 24.8 Å². The second-order valence-corrected chi connectivity index (χ2v) is 10.2. The van der Waals surface area contributed by atoms with Crippen molar-refractivity contribution in [2.75, 3.05) is 26.8 Å². The van der Waals surface area contributed by atoms with Gasteiger partial charge in [0.15, 0.2) is 0 Å². The van der Waals surface area contributed by atoms with Gasteiger partial charge in [-0.25, -0.2) is 9.97 Å². The van der Waals surface area contributed by atoms with Crippen LogP contribution in [0.5, 0.6) is 11.6 Å². The molecule has 174 valence electrons. The van der Waals surface area contributed by atoms with Crippen molar-refractivity contribution in [1.82, 2.24) is 19.4 Å². The number of methoxy groups -OCH3 is 1. The molecule has 1 aromatic carbocycles. The molecule has 0 N–H and O–H groups in total. The Kier molecular flexibility index (Phi) is 6.03. The molecule has 8 heteroatoms. The number of pyridine rings is 1. The highest BCUT2D eigenvalue weighted by Gasteiger charge is 2.41. The lowest BCUT2D eigenvalue weighted by molar-refractivity contribution is -0.127. The first-order chi connectivity index (χ1) is 15.9. The lowest BCUT2D eigenvalue weighted by atomic mass is 10.1. The molecule has 1 amide bonds. The Bertz CT molecular complexity index is 1160. The number of imidazole rings is 1. The van der Waals surface area contributed by atoms with E-state index in [1.807, 2.05) is 29.4 Å². The van der Waals surface area contributed by atoms with Gasteiger partial charge in [-0.3, -0.25) is 4.79 Å². The summed E-state index contributed by atoms with van der Waals surface area (Å²) in [6, 6.07) is 9.97. The third-order valence-electron chi connectivity index (χ3n) is 6.91. The Morgan fingerprint density at radius 2 is 2.03 bits per heavy atom. The summed E-state index contributed by atoms with van der Waals surface area (Å²) in [6.07, 6.45) is 6.45. The Balaban J connectivity index is 1.17. The zero-order chi connectivity index (χ0) is 23.0. The molecule has 0 bridgehead atoms. The molecule has 0 spiro atoms. The van der Waals surface area contributed by atoms with Crippen molar-refractivity contribution in [3.05, 3.63) is 46.8 Å². The summed E-state index contributed by atoms with van der Waals surface area (Å²) in [5, 5.41) is 0. The van der Waals surface area contributed by atoms with Crippen molar-refractivity contribution in [2.24, 2.45) is 5.92 Å². The van der Waals surface area contributed by atoms with E-state index >= 15 is 0 Å². The van der Waals surface area contributed by atoms with Gasteiger partial charge in [0.1, 0.15) is 15.9 Å². The number of hydrogen-bond acceptors (Lipinski definition) is 5. The molecule has 2 aromatic heterocycles. The molecule has 0 unspecified atom stereocenters. The highest BCUT2D eigenvalue weighted by molar-refractivity contribution is 9.10. The van der Waals surface area contributed by atoms with Gasteiger partial charge >= 0.3 is 0 Å². The standard InChI is InChI=1S/C25H29BrN4O3/c1-25(9-10-25)30-16-27-20-14-21(26)28-24(23(20)30)33-12-8-18-13-22(31)29(15-18)11-7-17-3-5-19(32-2)6-4-17/h3-6,14,16,18H,7-13,15H2,1-2H3/t18-/m1/s1. The Labute approximate surface area is 202 Å². The number of benzene rings is 1. The van der Waals surface area contributed by atoms with Gasteiger partial charge < -0.3 is 18.9 Å². The number of hydrogen-bond donors (Lipinski definition) is 0. The zero-order valence-electron chi connectivity index (χ0n) is 19.1. The summed E-state index contributed by atoms with van der Waals surface area (Å²) in [7, 11) is 1.67. The van der Waals surface area contributed by atoms with Crippen LogP contribution < -0.4 is 9.47 Å². The van der Waals surface area contributed by atoms with E-state index in [9.17, 15) is 4.79 Å². The zero-order valence-corrected chi connectivity index (χ0v) is 20.7. The largest absolute Gasteiger partial charge is 0.497 e. The first kappa shape index (κ1) is 22.2. The van der Waals surface area contributed by atoms with Gasteiger partial charge in [-0.1, -0.05) is 12.1 Å². The molecule has 1 saturated heterocycles. The SMILES string of the molecule is COc1ccc(CCN2C[C@H](CCOc3nc(Br)cc4ncn(C5(C)CC5)c34)CC2=O)cc1. The van der Waals surface area contributed by atoms with E-state index in [-0.39, 0.29) is 11.4 Å². The van der Waals surface area contributed by atoms with E-state index in [1.54, 1.807) is 7.11 Å². The van der Waals surface area contributed by atoms with Crippen molar-refractivity contribution >= 4 is 32.9 Å². The predicted octanol–water partition coefficient (Wildman–Crippen LogP) is 4.57. The number of carbonyl (C=O) groups excluding carboxylic acids is 1. The van der Waals surface area contributed by atoms with Crippen LogP contribution in [0.25, 0.3) is 11.0 Å². The Morgan fingerprint density at radius 3 is 2.76 bits per heavy atom. The summed E-state index contributed by atoms with van der Waals surface area (Å²) in [6.45, 7) is 4.30. The summed E-state index contributed by atoms with van der Waals surface area (Å²) < 4.78 is 14.3. The van der Waals surface area contributed by atoms with Gasteiger partial charge in [0.25, 0.3) is 0 Å². The number of fused-ring (bicyclic) bond motifs is 1. The van der Waals surface area contributed by atoms with Crippen LogP contribution in [-0.2, 0) is 16.8 Å². The Morgan fingerprint density at radius 1 is 1.24 bits per heavy atom. The number of halogens is 1. The lowest BCUT2D eigenvalue weighted by Gasteiger charge is -2.17. The van der Waals surface area contributed by atoms with Crippen LogP contribution in [0.15, 0.2) is 41.3 Å². The number of amides is 1. The number of aromatic nitrogens is 3. The molecule has 5 rings (SSSR count). The van der Waals surface area contributed by atoms with Crippen LogP contribution >= 0.6 is 15.9 Å². The molecule has 1 atom stereocenters. The average molecular weight is 513 g/mol. The molecule has 1 aliphatic carbocycles. The normalized spacial score (nSPS) is 19.3. The van der Waals surface area contributed by atoms with E-state index < -0.39 is 0 Å². The molecule has 3 aromatic rings. The van der Waals surface area contributed by atoms with Crippen molar-refractivity contribution in [3.63, 3.8) is 0 Å². The second kappa shape index (κ2) is 8.97. The molecular weight excluding hydrogens is 484 g/mol. The highest BCUT2D eigenvalue weighted by atomic mass is 79.9. The van der Waals surface area contributed by atoms with Crippen molar-refractivity contribution < 1.29 is 14.3 Å². The quantitative estimate of drug-likeness (QED) is 0.392. The fraction of sp³-hybridized carbons (Fsp3) is 0.480. The minimum atomic E-state index is 0.116. The molecule has 0 radical (unpaired) electrons. The Hall–Kier alpha value is -2.61. The van der Waals surface area contributed by atoms with Crippen LogP contribution in [0.4, 0.5) is 0 Å². The molecule has 3 heterocycles. The van der Waals surface area contributed by atoms with Gasteiger partial charge in [-0.15, -0.1) is 0 Å². The molecule has 1 aliphatic heterocycles. The average Bonchev–Trinajstić information content (AvgIpc) is 3.24. The van der Waals surface area contributed by atoms with E-state index in [1.165, 1.54) is 5.56 Å². The molecule has 7 nitrogen and oxygen atoms in total. The van der Waals surface area contributed by atoms with Gasteiger partial charge in [0.2, 0.25) is 11.8 Å². The maximum absolute atomic E-state index is 12.5. The van der Waals surface area contributed by atoms with Crippen LogP contribution in [0.1, 0.15) is 38.2 Å². The van der Waals surface area contributed by atoms with Gasteiger partial charge in [-0.05, 0) is 78.2 Å². The minimum absolute atomic E-state index is 0.116. The fourth-order valence-electron chi connectivity index (χ4n) is 4.55. The van der Waals surface area contributed by atoms with Gasteiger partial charge in [0, 0.05) is 25.0 Å². The smallest absolute Gasteiger partial charge is 0.241 e. The van der Waals surface area contributed by atoms with Crippen molar-refractivity contribution in [3.8, 4) is 11.6 Å². The third kappa shape index (κ3) is 4.71. The number of rotatable bonds is 9. The molecular formula is C25H29BrN4O3. The van der Waals surface area contributed by atoms with E-state index in [0.717, 1.165) is 60.2 Å². The first-order valence-electron chi connectivity index (χ1n) is 11.5. The summed E-state index contributed by atoms with van der Waals surface area (Å²) in [5.74, 6) is 2.01. The van der Waals surface area contributed by atoms with Crippen LogP contribution in [-0.4, -0.2) is 52.1 Å². The summed E-state index contributed by atoms with van der Waals surface area (Å²) in [4.78, 5) is 23.7.